The van der Waals surface area contributed by atoms with Gasteiger partial charge in [-0.25, -0.2) is 4.98 Å². The highest BCUT2D eigenvalue weighted by atomic mass is 79.9. The second-order valence-electron chi connectivity index (χ2n) is 6.04. The molecule has 0 spiro atoms. The molecule has 0 saturated heterocycles. The minimum Gasteiger partial charge on any atom is -0.321 e. The van der Waals surface area contributed by atoms with Gasteiger partial charge in [0, 0.05) is 11.9 Å². The van der Waals surface area contributed by atoms with Gasteiger partial charge in [0.15, 0.2) is 5.65 Å². The molecule has 2 heterocycles. The molecule has 0 saturated carbocycles. The first-order valence-electron chi connectivity index (χ1n) is 8.04. The number of amides is 1. The van der Waals surface area contributed by atoms with Crippen molar-refractivity contribution >= 4 is 33.2 Å². The van der Waals surface area contributed by atoms with Gasteiger partial charge in [0.25, 0.3) is 5.91 Å². The Bertz CT molecular complexity index is 914. The van der Waals surface area contributed by atoms with Gasteiger partial charge < -0.3 is 5.32 Å². The molecule has 24 heavy (non-hydrogen) atoms. The molecular weight excluding hydrogens is 366 g/mol. The van der Waals surface area contributed by atoms with E-state index >= 15 is 0 Å². The maximum atomic E-state index is 12.9. The number of fused-ring (bicyclic) bond motifs is 1. The van der Waals surface area contributed by atoms with Crippen LogP contribution in [-0.4, -0.2) is 15.3 Å². The van der Waals surface area contributed by atoms with Crippen LogP contribution in [0.3, 0.4) is 0 Å². The molecule has 1 amide bonds. The molecule has 0 aliphatic rings. The Morgan fingerprint density at radius 3 is 2.75 bits per heavy atom. The zero-order valence-corrected chi connectivity index (χ0v) is 15.6. The van der Waals surface area contributed by atoms with Crippen molar-refractivity contribution in [3.05, 3.63) is 63.5 Å². The summed E-state index contributed by atoms with van der Waals surface area (Å²) in [6, 6.07) is 9.82. The van der Waals surface area contributed by atoms with Gasteiger partial charge in [-0.15, -0.1) is 0 Å². The van der Waals surface area contributed by atoms with Crippen molar-refractivity contribution in [2.75, 3.05) is 5.32 Å². The number of rotatable bonds is 4. The van der Waals surface area contributed by atoms with Crippen LogP contribution in [-0.2, 0) is 6.42 Å². The number of hydrogen-bond donors (Lipinski definition) is 1. The van der Waals surface area contributed by atoms with Crippen LogP contribution in [0.15, 0.2) is 41.0 Å². The van der Waals surface area contributed by atoms with Crippen LogP contribution in [0, 0.1) is 13.8 Å². The van der Waals surface area contributed by atoms with E-state index in [1.807, 2.05) is 54.8 Å². The van der Waals surface area contributed by atoms with E-state index in [1.165, 1.54) is 0 Å². The highest BCUT2D eigenvalue weighted by Gasteiger charge is 2.20. The molecule has 0 aliphatic carbocycles. The second kappa shape index (κ2) is 6.77. The van der Waals surface area contributed by atoms with Gasteiger partial charge in [-0.2, -0.15) is 0 Å². The van der Waals surface area contributed by atoms with E-state index in [-0.39, 0.29) is 5.91 Å². The lowest BCUT2D eigenvalue weighted by Crippen LogP contribution is -2.16. The number of carbonyl (C=O) groups is 1. The lowest BCUT2D eigenvalue weighted by molar-refractivity contribution is 0.102. The first kappa shape index (κ1) is 16.7. The molecule has 5 heteroatoms. The normalized spacial score (nSPS) is 11.0. The smallest absolute Gasteiger partial charge is 0.274 e. The van der Waals surface area contributed by atoms with Crippen molar-refractivity contribution in [1.29, 1.82) is 0 Å². The van der Waals surface area contributed by atoms with E-state index in [1.54, 1.807) is 0 Å². The number of anilines is 1. The van der Waals surface area contributed by atoms with Crippen LogP contribution in [0.25, 0.3) is 5.65 Å². The minimum absolute atomic E-state index is 0.131. The van der Waals surface area contributed by atoms with E-state index < -0.39 is 0 Å². The van der Waals surface area contributed by atoms with Crippen LogP contribution < -0.4 is 5.32 Å². The molecule has 0 atom stereocenters. The Morgan fingerprint density at radius 1 is 1.25 bits per heavy atom. The van der Waals surface area contributed by atoms with Gasteiger partial charge >= 0.3 is 0 Å². The molecule has 1 aromatic carbocycles. The van der Waals surface area contributed by atoms with Gasteiger partial charge in [-0.05, 0) is 65.5 Å². The molecule has 1 N–H and O–H groups in total. The fourth-order valence-corrected chi connectivity index (χ4v) is 3.48. The number of aryl methyl sites for hydroxylation is 3. The summed E-state index contributed by atoms with van der Waals surface area (Å²) in [5.41, 5.74) is 5.19. The zero-order valence-electron chi connectivity index (χ0n) is 14.1. The molecule has 0 fully saturated rings. The van der Waals surface area contributed by atoms with E-state index in [0.717, 1.165) is 45.5 Å². The Labute approximate surface area is 150 Å². The van der Waals surface area contributed by atoms with E-state index in [2.05, 4.69) is 33.2 Å². The summed E-state index contributed by atoms with van der Waals surface area (Å²) >= 11 is 3.56. The number of imidazole rings is 1. The summed E-state index contributed by atoms with van der Waals surface area (Å²) < 4.78 is 2.78. The summed E-state index contributed by atoms with van der Waals surface area (Å²) in [5, 5.41) is 3.00. The third-order valence-electron chi connectivity index (χ3n) is 3.86. The van der Waals surface area contributed by atoms with Crippen LogP contribution in [0.5, 0.6) is 0 Å². The lowest BCUT2D eigenvalue weighted by Gasteiger charge is -2.08. The average Bonchev–Trinajstić information content (AvgIpc) is 2.86. The molecule has 3 rings (SSSR count). The molecule has 2 aromatic heterocycles. The van der Waals surface area contributed by atoms with Gasteiger partial charge in [0.05, 0.1) is 10.2 Å². The third-order valence-corrected chi connectivity index (χ3v) is 4.45. The Morgan fingerprint density at radius 2 is 2.04 bits per heavy atom. The maximum Gasteiger partial charge on any atom is 0.274 e. The fraction of sp³-hybridized carbons (Fsp3) is 0.263. The van der Waals surface area contributed by atoms with Crippen LogP contribution in [0.1, 0.15) is 40.7 Å². The Hall–Kier alpha value is -2.14. The van der Waals surface area contributed by atoms with Crippen molar-refractivity contribution < 1.29 is 4.79 Å². The standard InChI is InChI=1S/C19H20BrN3O/c1-4-6-16-17(19(24)21-14-8-5-7-12(2)9-14)23-11-13(3)10-15(20)18(23)22-16/h5,7-11H,4,6H2,1-3H3,(H,21,24). The van der Waals surface area contributed by atoms with Crippen LogP contribution in [0.4, 0.5) is 5.69 Å². The predicted molar refractivity (Wildman–Crippen MR) is 101 cm³/mol. The molecular formula is C19H20BrN3O. The number of hydrogen-bond acceptors (Lipinski definition) is 2. The van der Waals surface area contributed by atoms with E-state index in [0.29, 0.717) is 5.69 Å². The molecule has 3 aromatic rings. The van der Waals surface area contributed by atoms with Crippen molar-refractivity contribution in [1.82, 2.24) is 9.38 Å². The van der Waals surface area contributed by atoms with E-state index in [4.69, 9.17) is 0 Å². The topological polar surface area (TPSA) is 46.4 Å². The second-order valence-corrected chi connectivity index (χ2v) is 6.89. The lowest BCUT2D eigenvalue weighted by atomic mass is 10.2. The average molecular weight is 386 g/mol. The zero-order chi connectivity index (χ0) is 17.3. The highest BCUT2D eigenvalue weighted by molar-refractivity contribution is 9.10. The van der Waals surface area contributed by atoms with Crippen LogP contribution >= 0.6 is 15.9 Å². The number of nitrogens with zero attached hydrogens (tertiary/aromatic N) is 2. The first-order chi connectivity index (χ1) is 11.5. The molecule has 0 aliphatic heterocycles. The van der Waals surface area contributed by atoms with Crippen LogP contribution in [0.2, 0.25) is 0 Å². The van der Waals surface area contributed by atoms with Crippen molar-refractivity contribution in [3.8, 4) is 0 Å². The Balaban J connectivity index is 2.09. The minimum atomic E-state index is -0.131. The number of aromatic nitrogens is 2. The molecule has 124 valence electrons. The predicted octanol–water partition coefficient (Wildman–Crippen LogP) is 4.92. The number of halogens is 1. The van der Waals surface area contributed by atoms with Crippen molar-refractivity contribution in [2.45, 2.75) is 33.6 Å². The monoisotopic (exact) mass is 385 g/mol. The summed E-state index contributed by atoms with van der Waals surface area (Å²) in [4.78, 5) is 17.6. The SMILES string of the molecule is CCCc1nc2c(Br)cc(C)cn2c1C(=O)Nc1cccc(C)c1. The summed E-state index contributed by atoms with van der Waals surface area (Å²) in [6.45, 7) is 6.10. The largest absolute Gasteiger partial charge is 0.321 e. The van der Waals surface area contributed by atoms with Crippen molar-refractivity contribution in [3.63, 3.8) is 0 Å². The number of benzene rings is 1. The third kappa shape index (κ3) is 3.22. The first-order valence-corrected chi connectivity index (χ1v) is 8.84. The van der Waals surface area contributed by atoms with Gasteiger partial charge in [0.2, 0.25) is 0 Å². The number of pyridine rings is 1. The molecule has 4 nitrogen and oxygen atoms in total. The van der Waals surface area contributed by atoms with Crippen molar-refractivity contribution in [2.24, 2.45) is 0 Å². The number of carbonyl (C=O) groups excluding carboxylic acids is 1. The van der Waals surface area contributed by atoms with Gasteiger partial charge in [-0.1, -0.05) is 25.5 Å². The summed E-state index contributed by atoms with van der Waals surface area (Å²) in [6.07, 6.45) is 3.66. The molecule has 0 bridgehead atoms. The highest BCUT2D eigenvalue weighted by Crippen LogP contribution is 2.24. The van der Waals surface area contributed by atoms with Gasteiger partial charge in [-0.3, -0.25) is 9.20 Å². The summed E-state index contributed by atoms with van der Waals surface area (Å²) in [7, 11) is 0. The maximum absolute atomic E-state index is 12.9. The number of nitrogens with one attached hydrogen (secondary N) is 1. The quantitative estimate of drug-likeness (QED) is 0.692. The summed E-state index contributed by atoms with van der Waals surface area (Å²) in [5.74, 6) is -0.131. The van der Waals surface area contributed by atoms with E-state index in [9.17, 15) is 4.79 Å². The Kier molecular flexibility index (Phi) is 4.71. The van der Waals surface area contributed by atoms with Gasteiger partial charge in [0.1, 0.15) is 5.69 Å². The fourth-order valence-electron chi connectivity index (χ4n) is 2.84. The molecule has 0 radical (unpaired) electrons. The molecule has 0 unspecified atom stereocenters.